The van der Waals surface area contributed by atoms with Crippen molar-refractivity contribution in [1.82, 2.24) is 5.54 Å². The van der Waals surface area contributed by atoms with E-state index in [1.807, 2.05) is 0 Å². The molecular formula is C4H8FN. The van der Waals surface area contributed by atoms with Crippen molar-refractivity contribution in [3.8, 4) is 0 Å². The van der Waals surface area contributed by atoms with Crippen LogP contribution in [-0.2, 0) is 0 Å². The summed E-state index contributed by atoms with van der Waals surface area (Å²) in [5.41, 5.74) is 1.50. The average Bonchev–Trinajstić information content (AvgIpc) is 1.61. The van der Waals surface area contributed by atoms with E-state index in [9.17, 15) is 4.48 Å². The van der Waals surface area contributed by atoms with Crippen LogP contribution in [0.2, 0.25) is 0 Å². The van der Waals surface area contributed by atoms with Crippen LogP contribution >= 0.6 is 0 Å². The van der Waals surface area contributed by atoms with Gasteiger partial charge in [0, 0.05) is 6.54 Å². The SMILES string of the molecule is C=CCCNF. The minimum atomic E-state index is 0.378. The molecule has 1 N–H and O–H groups in total. The predicted molar refractivity (Wildman–Crippen MR) is 23.9 cm³/mol. The molecule has 0 saturated carbocycles. The van der Waals surface area contributed by atoms with E-state index in [2.05, 4.69) is 6.58 Å². The van der Waals surface area contributed by atoms with Gasteiger partial charge in [0.05, 0.1) is 0 Å². The second-order valence-electron chi connectivity index (χ2n) is 0.961. The van der Waals surface area contributed by atoms with Gasteiger partial charge in [0.1, 0.15) is 0 Å². The first kappa shape index (κ1) is 5.63. The van der Waals surface area contributed by atoms with Gasteiger partial charge in [-0.05, 0) is 6.42 Å². The van der Waals surface area contributed by atoms with Gasteiger partial charge < -0.3 is 0 Å². The fourth-order valence-corrected chi connectivity index (χ4v) is 0.157. The Bertz CT molecular complexity index is 36.5. The molecule has 0 aliphatic carbocycles. The topological polar surface area (TPSA) is 12.0 Å². The van der Waals surface area contributed by atoms with E-state index >= 15 is 0 Å². The Balaban J connectivity index is 2.49. The van der Waals surface area contributed by atoms with E-state index in [0.717, 1.165) is 0 Å². The Hall–Kier alpha value is -0.370. The van der Waals surface area contributed by atoms with Crippen molar-refractivity contribution >= 4 is 0 Å². The van der Waals surface area contributed by atoms with Crippen molar-refractivity contribution < 1.29 is 4.48 Å². The van der Waals surface area contributed by atoms with E-state index in [1.165, 1.54) is 5.54 Å². The predicted octanol–water partition coefficient (Wildman–Crippen LogP) is 1.04. The Morgan fingerprint density at radius 2 is 2.50 bits per heavy atom. The fourth-order valence-electron chi connectivity index (χ4n) is 0.157. The molecule has 0 fully saturated rings. The third kappa shape index (κ3) is 3.63. The molecule has 0 aromatic carbocycles. The van der Waals surface area contributed by atoms with Crippen molar-refractivity contribution in [3.63, 3.8) is 0 Å². The Labute approximate surface area is 36.8 Å². The zero-order valence-electron chi connectivity index (χ0n) is 3.58. The van der Waals surface area contributed by atoms with Crippen LogP contribution in [0.1, 0.15) is 6.42 Å². The monoisotopic (exact) mass is 89.1 g/mol. The van der Waals surface area contributed by atoms with Crippen LogP contribution in [0.25, 0.3) is 0 Å². The van der Waals surface area contributed by atoms with Gasteiger partial charge in [-0.3, -0.25) is 0 Å². The van der Waals surface area contributed by atoms with Crippen LogP contribution in [0.4, 0.5) is 4.48 Å². The van der Waals surface area contributed by atoms with Crippen LogP contribution in [0.15, 0.2) is 12.7 Å². The summed E-state index contributed by atoms with van der Waals surface area (Å²) in [5.74, 6) is 0. The second-order valence-corrected chi connectivity index (χ2v) is 0.961. The lowest BCUT2D eigenvalue weighted by Gasteiger charge is -1.82. The highest BCUT2D eigenvalue weighted by atomic mass is 19.2. The molecule has 6 heavy (non-hydrogen) atoms. The Morgan fingerprint density at radius 3 is 2.67 bits per heavy atom. The summed E-state index contributed by atoms with van der Waals surface area (Å²) in [7, 11) is 0. The number of hydrogen-bond donors (Lipinski definition) is 1. The molecule has 36 valence electrons. The van der Waals surface area contributed by atoms with Crippen molar-refractivity contribution in [1.29, 1.82) is 0 Å². The molecule has 0 radical (unpaired) electrons. The molecular weight excluding hydrogens is 81.0 g/mol. The van der Waals surface area contributed by atoms with Gasteiger partial charge in [0.15, 0.2) is 0 Å². The standard InChI is InChI=1S/C4H8FN/c1-2-3-4-6-5/h2,6H,1,3-4H2. The number of nitrogens with one attached hydrogen (secondary N) is 1. The third-order valence-electron chi connectivity index (χ3n) is 0.443. The van der Waals surface area contributed by atoms with Crippen molar-refractivity contribution in [2.24, 2.45) is 0 Å². The molecule has 0 spiro atoms. The summed E-state index contributed by atoms with van der Waals surface area (Å²) in [4.78, 5) is 0. The van der Waals surface area contributed by atoms with Crippen molar-refractivity contribution in [2.45, 2.75) is 6.42 Å². The Kier molecular flexibility index (Phi) is 4.34. The molecule has 0 aromatic heterocycles. The molecule has 0 aromatic rings. The number of halogens is 1. The highest BCUT2D eigenvalue weighted by Gasteiger charge is 1.71. The highest BCUT2D eigenvalue weighted by molar-refractivity contribution is 4.65. The Morgan fingerprint density at radius 1 is 1.83 bits per heavy atom. The van der Waals surface area contributed by atoms with Crippen molar-refractivity contribution in [3.05, 3.63) is 12.7 Å². The zero-order valence-corrected chi connectivity index (χ0v) is 3.58. The third-order valence-corrected chi connectivity index (χ3v) is 0.443. The van der Waals surface area contributed by atoms with Gasteiger partial charge >= 0.3 is 0 Å². The maximum atomic E-state index is 10.9. The molecule has 0 saturated heterocycles. The van der Waals surface area contributed by atoms with E-state index in [0.29, 0.717) is 13.0 Å². The molecule has 0 unspecified atom stereocenters. The van der Waals surface area contributed by atoms with Crippen LogP contribution < -0.4 is 5.54 Å². The maximum Gasteiger partial charge on any atom is 0.0294 e. The summed E-state index contributed by atoms with van der Waals surface area (Å²) in [6.45, 7) is 3.77. The molecule has 0 aliphatic rings. The van der Waals surface area contributed by atoms with Crippen molar-refractivity contribution in [2.75, 3.05) is 6.54 Å². The van der Waals surface area contributed by atoms with E-state index in [4.69, 9.17) is 0 Å². The molecule has 0 bridgehead atoms. The lowest BCUT2D eigenvalue weighted by Crippen LogP contribution is -1.99. The molecule has 0 heterocycles. The lowest BCUT2D eigenvalue weighted by atomic mass is 10.4. The van der Waals surface area contributed by atoms with Gasteiger partial charge in [-0.25, -0.2) is 0 Å². The first-order valence-electron chi connectivity index (χ1n) is 1.86. The quantitative estimate of drug-likeness (QED) is 0.309. The normalized spacial score (nSPS) is 8.17. The molecule has 0 aliphatic heterocycles. The van der Waals surface area contributed by atoms with Crippen LogP contribution in [0.3, 0.4) is 0 Å². The van der Waals surface area contributed by atoms with E-state index in [1.54, 1.807) is 6.08 Å². The zero-order chi connectivity index (χ0) is 4.83. The number of hydrogen-bond acceptors (Lipinski definition) is 1. The molecule has 2 heteroatoms. The largest absolute Gasteiger partial charge is 0.159 e. The summed E-state index contributed by atoms with van der Waals surface area (Å²) in [6.07, 6.45) is 2.35. The van der Waals surface area contributed by atoms with Gasteiger partial charge in [0.25, 0.3) is 0 Å². The van der Waals surface area contributed by atoms with Gasteiger partial charge in [-0.1, -0.05) is 6.08 Å². The summed E-state index contributed by atoms with van der Waals surface area (Å²) < 4.78 is 10.9. The maximum absolute atomic E-state index is 10.9. The minimum absolute atomic E-state index is 0.378. The number of rotatable bonds is 3. The van der Waals surface area contributed by atoms with Crippen LogP contribution in [-0.4, -0.2) is 6.54 Å². The fraction of sp³-hybridized carbons (Fsp3) is 0.500. The average molecular weight is 89.1 g/mol. The summed E-state index contributed by atoms with van der Waals surface area (Å²) >= 11 is 0. The van der Waals surface area contributed by atoms with Gasteiger partial charge in [-0.15, -0.1) is 11.1 Å². The molecule has 0 rings (SSSR count). The smallest absolute Gasteiger partial charge is 0.0294 e. The van der Waals surface area contributed by atoms with Crippen LogP contribution in [0.5, 0.6) is 0 Å². The van der Waals surface area contributed by atoms with Crippen LogP contribution in [0, 0.1) is 0 Å². The van der Waals surface area contributed by atoms with Gasteiger partial charge in [0.2, 0.25) is 0 Å². The van der Waals surface area contributed by atoms with Gasteiger partial charge in [-0.2, -0.15) is 5.54 Å². The summed E-state index contributed by atoms with van der Waals surface area (Å²) in [5, 5.41) is 0. The second kappa shape index (κ2) is 4.63. The molecule has 0 amide bonds. The highest BCUT2D eigenvalue weighted by Crippen LogP contribution is 1.72. The first-order chi connectivity index (χ1) is 2.91. The van der Waals surface area contributed by atoms with E-state index < -0.39 is 0 Å². The summed E-state index contributed by atoms with van der Waals surface area (Å²) in [6, 6.07) is 0. The minimum Gasteiger partial charge on any atom is -0.159 e. The first-order valence-corrected chi connectivity index (χ1v) is 1.86. The molecule has 0 atom stereocenters. The van der Waals surface area contributed by atoms with E-state index in [-0.39, 0.29) is 0 Å². The lowest BCUT2D eigenvalue weighted by molar-refractivity contribution is 0.339. The molecule has 1 nitrogen and oxygen atoms in total.